The van der Waals surface area contributed by atoms with Crippen molar-refractivity contribution in [2.24, 2.45) is 10.1 Å². The minimum Gasteiger partial charge on any atom is -0.313 e. The lowest BCUT2D eigenvalue weighted by molar-refractivity contribution is -0.121. The lowest BCUT2D eigenvalue weighted by Gasteiger charge is -2.21. The van der Waals surface area contributed by atoms with Crippen LogP contribution in [0.2, 0.25) is 0 Å². The number of aliphatic imine (C=N–C) groups is 1. The molecule has 1 amide bonds. The molecule has 0 aliphatic heterocycles. The maximum absolute atomic E-state index is 12.8. The van der Waals surface area contributed by atoms with Crippen molar-refractivity contribution in [3.05, 3.63) is 72.1 Å². The molecule has 150 valence electrons. The van der Waals surface area contributed by atoms with E-state index in [9.17, 15) is 4.79 Å². The van der Waals surface area contributed by atoms with Gasteiger partial charge in [0.05, 0.1) is 6.21 Å². The standard InChI is InChI=1S/C22H31N5O/c1-6-8-14-24-20(7-2)27-22(28)21(18(4)16-26-23-5)25-15-17(3)19-12-10-9-11-13-19/h6-14,16-17,21,23,25H,4,15H2,1-3,5H3,(H,27,28)/b8-6-,20-7+,24-14-,26-16-/t17?,21-/m1/s1. The first-order valence-corrected chi connectivity index (χ1v) is 9.32. The Hall–Kier alpha value is -2.99. The van der Waals surface area contributed by atoms with Gasteiger partial charge in [-0.15, -0.1) is 0 Å². The number of amides is 1. The van der Waals surface area contributed by atoms with Gasteiger partial charge in [-0.3, -0.25) is 4.79 Å². The minimum absolute atomic E-state index is 0.236. The number of hydrazone groups is 1. The smallest absolute Gasteiger partial charge is 0.247 e. The molecule has 0 saturated carbocycles. The molecule has 0 aliphatic carbocycles. The number of carbonyl (C=O) groups excluding carboxylic acids is 1. The molecule has 1 aromatic carbocycles. The first kappa shape index (κ1) is 23.0. The summed E-state index contributed by atoms with van der Waals surface area (Å²) in [6.07, 6.45) is 8.58. The van der Waals surface area contributed by atoms with Crippen molar-refractivity contribution in [3.63, 3.8) is 0 Å². The molecule has 28 heavy (non-hydrogen) atoms. The van der Waals surface area contributed by atoms with Crippen LogP contribution in [-0.2, 0) is 4.79 Å². The van der Waals surface area contributed by atoms with E-state index in [4.69, 9.17) is 0 Å². The normalized spacial score (nSPS) is 14.5. The van der Waals surface area contributed by atoms with E-state index in [0.717, 1.165) is 0 Å². The molecule has 0 spiro atoms. The average molecular weight is 382 g/mol. The van der Waals surface area contributed by atoms with Crippen LogP contribution >= 0.6 is 0 Å². The zero-order valence-electron chi connectivity index (χ0n) is 17.1. The van der Waals surface area contributed by atoms with E-state index in [1.807, 2.05) is 38.1 Å². The minimum atomic E-state index is -0.630. The summed E-state index contributed by atoms with van der Waals surface area (Å²) in [6, 6.07) is 9.53. The number of benzene rings is 1. The van der Waals surface area contributed by atoms with Crippen LogP contribution in [0.4, 0.5) is 0 Å². The Morgan fingerprint density at radius 2 is 1.96 bits per heavy atom. The highest BCUT2D eigenvalue weighted by Crippen LogP contribution is 2.14. The van der Waals surface area contributed by atoms with E-state index in [1.54, 1.807) is 31.6 Å². The van der Waals surface area contributed by atoms with Gasteiger partial charge in [-0.25, -0.2) is 4.99 Å². The Balaban J connectivity index is 2.87. The molecular weight excluding hydrogens is 350 g/mol. The van der Waals surface area contributed by atoms with Crippen LogP contribution in [0.5, 0.6) is 0 Å². The number of allylic oxidation sites excluding steroid dienone is 3. The third kappa shape index (κ3) is 8.14. The van der Waals surface area contributed by atoms with Gasteiger partial charge < -0.3 is 16.1 Å². The van der Waals surface area contributed by atoms with Crippen molar-refractivity contribution >= 4 is 18.3 Å². The zero-order valence-corrected chi connectivity index (χ0v) is 17.1. The summed E-state index contributed by atoms with van der Waals surface area (Å²) in [5, 5.41) is 10.1. The topological polar surface area (TPSA) is 77.9 Å². The first-order chi connectivity index (χ1) is 13.5. The van der Waals surface area contributed by atoms with Gasteiger partial charge in [-0.1, -0.05) is 49.9 Å². The summed E-state index contributed by atoms with van der Waals surface area (Å²) < 4.78 is 0. The van der Waals surface area contributed by atoms with Gasteiger partial charge in [-0.05, 0) is 43.1 Å². The van der Waals surface area contributed by atoms with Crippen LogP contribution in [0.3, 0.4) is 0 Å². The van der Waals surface area contributed by atoms with Gasteiger partial charge in [0.2, 0.25) is 5.91 Å². The summed E-state index contributed by atoms with van der Waals surface area (Å²) in [4.78, 5) is 17.1. The lowest BCUT2D eigenvalue weighted by atomic mass is 10.00. The molecule has 3 N–H and O–H groups in total. The predicted octanol–water partition coefficient (Wildman–Crippen LogP) is 3.13. The highest BCUT2D eigenvalue weighted by Gasteiger charge is 2.22. The molecule has 0 heterocycles. The van der Waals surface area contributed by atoms with Gasteiger partial charge in [0, 0.05) is 19.8 Å². The summed E-state index contributed by atoms with van der Waals surface area (Å²) >= 11 is 0. The van der Waals surface area contributed by atoms with E-state index in [1.165, 1.54) is 5.56 Å². The maximum atomic E-state index is 12.8. The van der Waals surface area contributed by atoms with Crippen molar-refractivity contribution in [2.75, 3.05) is 13.6 Å². The highest BCUT2D eigenvalue weighted by molar-refractivity contribution is 5.95. The third-order valence-electron chi connectivity index (χ3n) is 4.01. The summed E-state index contributed by atoms with van der Waals surface area (Å²) in [5.41, 5.74) is 4.43. The van der Waals surface area contributed by atoms with Gasteiger partial charge in [-0.2, -0.15) is 5.10 Å². The van der Waals surface area contributed by atoms with Gasteiger partial charge in [0.15, 0.2) is 0 Å². The van der Waals surface area contributed by atoms with E-state index >= 15 is 0 Å². The maximum Gasteiger partial charge on any atom is 0.247 e. The predicted molar refractivity (Wildman–Crippen MR) is 119 cm³/mol. The van der Waals surface area contributed by atoms with Crippen LogP contribution < -0.4 is 16.1 Å². The molecule has 6 heteroatoms. The van der Waals surface area contributed by atoms with Crippen LogP contribution in [0.25, 0.3) is 0 Å². The summed E-state index contributed by atoms with van der Waals surface area (Å²) in [5.74, 6) is 0.474. The van der Waals surface area contributed by atoms with Crippen LogP contribution in [0, 0.1) is 0 Å². The molecule has 0 aliphatic rings. The fourth-order valence-electron chi connectivity index (χ4n) is 2.39. The molecule has 0 bridgehead atoms. The van der Waals surface area contributed by atoms with Crippen molar-refractivity contribution in [1.29, 1.82) is 0 Å². The van der Waals surface area contributed by atoms with Gasteiger partial charge in [0.25, 0.3) is 0 Å². The second-order valence-electron chi connectivity index (χ2n) is 6.18. The van der Waals surface area contributed by atoms with E-state index in [-0.39, 0.29) is 11.8 Å². The first-order valence-electron chi connectivity index (χ1n) is 9.32. The molecule has 1 rings (SSSR count). The fourth-order valence-corrected chi connectivity index (χ4v) is 2.39. The molecule has 0 aromatic heterocycles. The van der Waals surface area contributed by atoms with Gasteiger partial charge in [0.1, 0.15) is 11.9 Å². The number of rotatable bonds is 11. The van der Waals surface area contributed by atoms with E-state index in [2.05, 4.69) is 51.8 Å². The van der Waals surface area contributed by atoms with E-state index in [0.29, 0.717) is 17.9 Å². The van der Waals surface area contributed by atoms with Crippen molar-refractivity contribution in [3.8, 4) is 0 Å². The molecule has 0 saturated heterocycles. The number of hydrogen-bond donors (Lipinski definition) is 3. The van der Waals surface area contributed by atoms with Crippen molar-refractivity contribution < 1.29 is 4.79 Å². The molecule has 6 nitrogen and oxygen atoms in total. The molecule has 1 unspecified atom stereocenters. The number of hydrogen-bond acceptors (Lipinski definition) is 5. The van der Waals surface area contributed by atoms with Gasteiger partial charge >= 0.3 is 0 Å². The zero-order chi connectivity index (χ0) is 20.8. The number of nitrogens with one attached hydrogen (secondary N) is 3. The Morgan fingerprint density at radius 3 is 2.57 bits per heavy atom. The van der Waals surface area contributed by atoms with E-state index < -0.39 is 6.04 Å². The fraction of sp³-hybridized carbons (Fsp3) is 0.318. The average Bonchev–Trinajstić information content (AvgIpc) is 2.72. The Morgan fingerprint density at radius 1 is 1.25 bits per heavy atom. The largest absolute Gasteiger partial charge is 0.313 e. The molecule has 1 aromatic rings. The SMILES string of the molecule is C=C(/C=N\NC)[C@@H](NCC(C)c1ccccc1)C(=O)NC(=C/C)/N=C\C=C/C. The summed E-state index contributed by atoms with van der Waals surface area (Å²) in [7, 11) is 1.69. The van der Waals surface area contributed by atoms with Crippen molar-refractivity contribution in [1.82, 2.24) is 16.1 Å². The lowest BCUT2D eigenvalue weighted by Crippen LogP contribution is -2.46. The quantitative estimate of drug-likeness (QED) is 0.407. The number of nitrogens with zero attached hydrogens (tertiary/aromatic N) is 2. The second-order valence-corrected chi connectivity index (χ2v) is 6.18. The van der Waals surface area contributed by atoms with Crippen LogP contribution in [0.15, 0.2) is 76.6 Å². The third-order valence-corrected chi connectivity index (χ3v) is 4.01. The second kappa shape index (κ2) is 13.2. The Kier molecular flexibility index (Phi) is 10.9. The summed E-state index contributed by atoms with van der Waals surface area (Å²) in [6.45, 7) is 10.4. The van der Waals surface area contributed by atoms with Crippen LogP contribution in [-0.4, -0.2) is 38.0 Å². The monoisotopic (exact) mass is 381 g/mol. The highest BCUT2D eigenvalue weighted by atomic mass is 16.2. The van der Waals surface area contributed by atoms with Crippen molar-refractivity contribution in [2.45, 2.75) is 32.7 Å². The Labute approximate surface area is 168 Å². The number of carbonyl (C=O) groups is 1. The Bertz CT molecular complexity index is 735. The van der Waals surface area contributed by atoms with Crippen LogP contribution in [0.1, 0.15) is 32.3 Å². The molecule has 0 radical (unpaired) electrons. The molecular formula is C22H31N5O. The molecule has 2 atom stereocenters. The molecule has 0 fully saturated rings.